The normalized spacial score (nSPS) is 10.6. The number of hydrogen-bond acceptors (Lipinski definition) is 4. The number of oxazole rings is 1. The Morgan fingerprint density at radius 1 is 1.00 bits per heavy atom. The average molecular weight is 412 g/mol. The summed E-state index contributed by atoms with van der Waals surface area (Å²) < 4.78 is 11.3. The molecule has 3 aromatic carbocycles. The number of carbonyl (C=O) groups excluding carboxylic acids is 1. The Hall–Kier alpha value is -3.86. The number of amides is 1. The van der Waals surface area contributed by atoms with E-state index in [0.29, 0.717) is 17.3 Å². The SMILES string of the molecule is COc1ccc(NC(=O)Cc2nc(-c3ccccc3)oc2C)cc1Cc1ccccc1. The van der Waals surface area contributed by atoms with Crippen molar-refractivity contribution in [3.05, 3.63) is 101 Å². The van der Waals surface area contributed by atoms with Gasteiger partial charge in [-0.15, -0.1) is 0 Å². The van der Waals surface area contributed by atoms with Gasteiger partial charge in [-0.2, -0.15) is 0 Å². The molecule has 0 atom stereocenters. The van der Waals surface area contributed by atoms with E-state index in [9.17, 15) is 4.79 Å². The second kappa shape index (κ2) is 9.30. The molecule has 1 heterocycles. The van der Waals surface area contributed by atoms with Crippen molar-refractivity contribution in [3.8, 4) is 17.2 Å². The van der Waals surface area contributed by atoms with E-state index >= 15 is 0 Å². The summed E-state index contributed by atoms with van der Waals surface area (Å²) in [7, 11) is 1.65. The van der Waals surface area contributed by atoms with Gasteiger partial charge in [0.1, 0.15) is 11.5 Å². The Balaban J connectivity index is 1.47. The monoisotopic (exact) mass is 412 g/mol. The van der Waals surface area contributed by atoms with Crippen LogP contribution in [0.15, 0.2) is 83.3 Å². The number of carbonyl (C=O) groups is 1. The summed E-state index contributed by atoms with van der Waals surface area (Å²) in [5, 5.41) is 2.97. The van der Waals surface area contributed by atoms with E-state index in [2.05, 4.69) is 22.4 Å². The van der Waals surface area contributed by atoms with E-state index in [-0.39, 0.29) is 12.3 Å². The minimum absolute atomic E-state index is 0.141. The summed E-state index contributed by atoms with van der Waals surface area (Å²) in [5.41, 5.74) is 4.43. The van der Waals surface area contributed by atoms with Crippen molar-refractivity contribution < 1.29 is 13.9 Å². The van der Waals surface area contributed by atoms with Gasteiger partial charge in [0.05, 0.1) is 19.2 Å². The Kier molecular flexibility index (Phi) is 6.13. The molecule has 156 valence electrons. The van der Waals surface area contributed by atoms with Crippen molar-refractivity contribution in [1.82, 2.24) is 4.98 Å². The van der Waals surface area contributed by atoms with Crippen molar-refractivity contribution in [2.75, 3.05) is 12.4 Å². The third-order valence-corrected chi connectivity index (χ3v) is 5.04. The van der Waals surface area contributed by atoms with Crippen LogP contribution < -0.4 is 10.1 Å². The van der Waals surface area contributed by atoms with Crippen LogP contribution in [0.5, 0.6) is 5.75 Å². The highest BCUT2D eigenvalue weighted by Crippen LogP contribution is 2.26. The van der Waals surface area contributed by atoms with Gasteiger partial charge < -0.3 is 14.5 Å². The first-order chi connectivity index (χ1) is 15.1. The van der Waals surface area contributed by atoms with Gasteiger partial charge in [0.25, 0.3) is 0 Å². The minimum Gasteiger partial charge on any atom is -0.496 e. The molecule has 0 saturated heterocycles. The first kappa shape index (κ1) is 20.4. The number of anilines is 1. The Morgan fingerprint density at radius 3 is 2.42 bits per heavy atom. The topological polar surface area (TPSA) is 64.4 Å². The lowest BCUT2D eigenvalue weighted by molar-refractivity contribution is -0.115. The van der Waals surface area contributed by atoms with Gasteiger partial charge in [0.15, 0.2) is 0 Å². The van der Waals surface area contributed by atoms with Crippen LogP contribution >= 0.6 is 0 Å². The van der Waals surface area contributed by atoms with Gasteiger partial charge in [0, 0.05) is 23.2 Å². The van der Waals surface area contributed by atoms with Crippen LogP contribution in [-0.2, 0) is 17.6 Å². The zero-order chi connectivity index (χ0) is 21.6. The molecular formula is C26H24N2O3. The molecule has 0 spiro atoms. The fourth-order valence-corrected chi connectivity index (χ4v) is 3.46. The van der Waals surface area contributed by atoms with E-state index in [1.165, 1.54) is 5.56 Å². The van der Waals surface area contributed by atoms with Crippen molar-refractivity contribution >= 4 is 11.6 Å². The summed E-state index contributed by atoms with van der Waals surface area (Å²) in [4.78, 5) is 17.2. The summed E-state index contributed by atoms with van der Waals surface area (Å²) in [5.74, 6) is 1.82. The molecule has 0 aliphatic carbocycles. The second-order valence-electron chi connectivity index (χ2n) is 7.30. The number of rotatable bonds is 7. The molecule has 0 radical (unpaired) electrons. The maximum absolute atomic E-state index is 12.7. The lowest BCUT2D eigenvalue weighted by atomic mass is 10.0. The number of nitrogens with one attached hydrogen (secondary N) is 1. The van der Waals surface area contributed by atoms with Gasteiger partial charge in [-0.3, -0.25) is 4.79 Å². The number of benzene rings is 3. The van der Waals surface area contributed by atoms with E-state index in [1.54, 1.807) is 7.11 Å². The average Bonchev–Trinajstić information content (AvgIpc) is 3.15. The van der Waals surface area contributed by atoms with Crippen LogP contribution in [0.2, 0.25) is 0 Å². The number of methoxy groups -OCH3 is 1. The van der Waals surface area contributed by atoms with E-state index in [4.69, 9.17) is 9.15 Å². The first-order valence-corrected chi connectivity index (χ1v) is 10.1. The van der Waals surface area contributed by atoms with Gasteiger partial charge in [-0.25, -0.2) is 4.98 Å². The molecule has 4 aromatic rings. The highest BCUT2D eigenvalue weighted by molar-refractivity contribution is 5.92. The summed E-state index contributed by atoms with van der Waals surface area (Å²) in [6, 6.07) is 25.5. The molecule has 0 fully saturated rings. The molecule has 0 bridgehead atoms. The molecule has 5 heteroatoms. The Labute approximate surface area is 181 Å². The molecule has 1 amide bonds. The minimum atomic E-state index is -0.146. The van der Waals surface area contributed by atoms with Gasteiger partial charge in [-0.05, 0) is 42.8 Å². The predicted molar refractivity (Wildman–Crippen MR) is 121 cm³/mol. The molecule has 5 nitrogen and oxygen atoms in total. The van der Waals surface area contributed by atoms with Crippen LogP contribution in [0.25, 0.3) is 11.5 Å². The van der Waals surface area contributed by atoms with Crippen molar-refractivity contribution in [2.45, 2.75) is 19.8 Å². The van der Waals surface area contributed by atoms with E-state index < -0.39 is 0 Å². The molecule has 31 heavy (non-hydrogen) atoms. The molecule has 4 rings (SSSR count). The van der Waals surface area contributed by atoms with Crippen LogP contribution in [0, 0.1) is 6.92 Å². The third kappa shape index (κ3) is 5.01. The van der Waals surface area contributed by atoms with Crippen LogP contribution in [0.4, 0.5) is 5.69 Å². The molecule has 1 aromatic heterocycles. The summed E-state index contributed by atoms with van der Waals surface area (Å²) >= 11 is 0. The number of nitrogens with zero attached hydrogens (tertiary/aromatic N) is 1. The Bertz CT molecular complexity index is 1170. The fourth-order valence-electron chi connectivity index (χ4n) is 3.46. The lowest BCUT2D eigenvalue weighted by Crippen LogP contribution is -2.15. The number of aryl methyl sites for hydroxylation is 1. The molecule has 0 aliphatic rings. The van der Waals surface area contributed by atoms with Crippen LogP contribution in [-0.4, -0.2) is 18.0 Å². The zero-order valence-electron chi connectivity index (χ0n) is 17.6. The molecular weight excluding hydrogens is 388 g/mol. The molecule has 0 unspecified atom stereocenters. The summed E-state index contributed by atoms with van der Waals surface area (Å²) in [6.07, 6.45) is 0.860. The molecule has 1 N–H and O–H groups in total. The lowest BCUT2D eigenvalue weighted by Gasteiger charge is -2.12. The van der Waals surface area contributed by atoms with Gasteiger partial charge >= 0.3 is 0 Å². The smallest absolute Gasteiger partial charge is 0.230 e. The van der Waals surface area contributed by atoms with Crippen LogP contribution in [0.1, 0.15) is 22.6 Å². The van der Waals surface area contributed by atoms with Crippen molar-refractivity contribution in [1.29, 1.82) is 0 Å². The maximum Gasteiger partial charge on any atom is 0.230 e. The zero-order valence-corrected chi connectivity index (χ0v) is 17.6. The van der Waals surface area contributed by atoms with Crippen LogP contribution in [0.3, 0.4) is 0 Å². The second-order valence-corrected chi connectivity index (χ2v) is 7.30. The number of hydrogen-bond donors (Lipinski definition) is 1. The van der Waals surface area contributed by atoms with Crippen molar-refractivity contribution in [3.63, 3.8) is 0 Å². The first-order valence-electron chi connectivity index (χ1n) is 10.1. The fraction of sp³-hybridized carbons (Fsp3) is 0.154. The summed E-state index contributed by atoms with van der Waals surface area (Å²) in [6.45, 7) is 1.83. The predicted octanol–water partition coefficient (Wildman–Crippen LogP) is 5.43. The molecule has 0 saturated carbocycles. The van der Waals surface area contributed by atoms with E-state index in [1.807, 2.05) is 73.7 Å². The maximum atomic E-state index is 12.7. The Morgan fingerprint density at radius 2 is 1.71 bits per heavy atom. The highest BCUT2D eigenvalue weighted by atomic mass is 16.5. The number of ether oxygens (including phenoxy) is 1. The highest BCUT2D eigenvalue weighted by Gasteiger charge is 2.15. The van der Waals surface area contributed by atoms with Crippen molar-refractivity contribution in [2.24, 2.45) is 0 Å². The van der Waals surface area contributed by atoms with Gasteiger partial charge in [0.2, 0.25) is 11.8 Å². The third-order valence-electron chi connectivity index (χ3n) is 5.04. The largest absolute Gasteiger partial charge is 0.496 e. The quantitative estimate of drug-likeness (QED) is 0.440. The standard InChI is InChI=1S/C26H24N2O3/c1-18-23(28-26(31-18)20-11-7-4-8-12-20)17-25(29)27-22-13-14-24(30-2)21(16-22)15-19-9-5-3-6-10-19/h3-14,16H,15,17H2,1-2H3,(H,27,29). The number of aromatic nitrogens is 1. The van der Waals surface area contributed by atoms with E-state index in [0.717, 1.165) is 29.0 Å². The van der Waals surface area contributed by atoms with Gasteiger partial charge in [-0.1, -0.05) is 48.5 Å². The molecule has 0 aliphatic heterocycles.